The summed E-state index contributed by atoms with van der Waals surface area (Å²) in [5, 5.41) is 8.50. The van der Waals surface area contributed by atoms with E-state index >= 15 is 0 Å². The molecule has 0 radical (unpaired) electrons. The zero-order valence-corrected chi connectivity index (χ0v) is 9.81. The number of hydrogen-bond acceptors (Lipinski definition) is 4. The standard InChI is InChI=1S/C11H12N2O3S/c12-9-5-10(14)13(6-11(15)16)7-3-1-2-4-8(7)17-9/h1-4,9H,5-6,12H2,(H,15,16)/t9-/m1/s1. The Morgan fingerprint density at radius 1 is 1.53 bits per heavy atom. The number of carboxylic acid groups (broad SMARTS) is 1. The van der Waals surface area contributed by atoms with Crippen LogP contribution in [0.15, 0.2) is 29.2 Å². The summed E-state index contributed by atoms with van der Waals surface area (Å²) < 4.78 is 0. The van der Waals surface area contributed by atoms with Gasteiger partial charge in [0.2, 0.25) is 5.91 Å². The maximum Gasteiger partial charge on any atom is 0.323 e. The predicted molar refractivity (Wildman–Crippen MR) is 64.9 cm³/mol. The van der Waals surface area contributed by atoms with Crippen molar-refractivity contribution in [1.29, 1.82) is 0 Å². The molecule has 5 nitrogen and oxygen atoms in total. The number of carbonyl (C=O) groups excluding carboxylic acids is 1. The van der Waals surface area contributed by atoms with Crippen LogP contribution in [0.5, 0.6) is 0 Å². The number of anilines is 1. The summed E-state index contributed by atoms with van der Waals surface area (Å²) in [7, 11) is 0. The summed E-state index contributed by atoms with van der Waals surface area (Å²) in [4.78, 5) is 24.8. The van der Waals surface area contributed by atoms with Crippen molar-refractivity contribution in [3.05, 3.63) is 24.3 Å². The number of carbonyl (C=O) groups is 2. The van der Waals surface area contributed by atoms with Crippen molar-refractivity contribution in [2.45, 2.75) is 16.7 Å². The van der Waals surface area contributed by atoms with Gasteiger partial charge in [-0.2, -0.15) is 0 Å². The van der Waals surface area contributed by atoms with Crippen molar-refractivity contribution in [2.75, 3.05) is 11.4 Å². The van der Waals surface area contributed by atoms with Crippen LogP contribution < -0.4 is 10.6 Å². The van der Waals surface area contributed by atoms with Gasteiger partial charge in [0.05, 0.1) is 17.5 Å². The minimum Gasteiger partial charge on any atom is -0.480 e. The van der Waals surface area contributed by atoms with Gasteiger partial charge in [0.15, 0.2) is 0 Å². The smallest absolute Gasteiger partial charge is 0.323 e. The monoisotopic (exact) mass is 252 g/mol. The molecule has 0 aromatic heterocycles. The van der Waals surface area contributed by atoms with Crippen LogP contribution in [0.2, 0.25) is 0 Å². The molecule has 17 heavy (non-hydrogen) atoms. The molecule has 0 unspecified atom stereocenters. The first-order valence-corrected chi connectivity index (χ1v) is 5.99. The Balaban J connectivity index is 2.42. The van der Waals surface area contributed by atoms with E-state index in [1.165, 1.54) is 16.7 Å². The Hall–Kier alpha value is -1.53. The molecular formula is C11H12N2O3S. The zero-order chi connectivity index (χ0) is 12.4. The van der Waals surface area contributed by atoms with E-state index in [-0.39, 0.29) is 24.2 Å². The van der Waals surface area contributed by atoms with Gasteiger partial charge in [-0.25, -0.2) is 0 Å². The number of aliphatic carboxylic acids is 1. The van der Waals surface area contributed by atoms with E-state index < -0.39 is 5.97 Å². The van der Waals surface area contributed by atoms with E-state index in [1.54, 1.807) is 12.1 Å². The molecule has 0 saturated carbocycles. The zero-order valence-electron chi connectivity index (χ0n) is 9.00. The number of carboxylic acids is 1. The van der Waals surface area contributed by atoms with Gasteiger partial charge >= 0.3 is 5.97 Å². The van der Waals surface area contributed by atoms with Crippen molar-refractivity contribution < 1.29 is 14.7 Å². The number of thioether (sulfide) groups is 1. The second-order valence-electron chi connectivity index (χ2n) is 3.70. The number of hydrogen-bond donors (Lipinski definition) is 2. The highest BCUT2D eigenvalue weighted by atomic mass is 32.2. The third-order valence-corrected chi connectivity index (χ3v) is 3.47. The molecule has 0 saturated heterocycles. The average molecular weight is 252 g/mol. The minimum atomic E-state index is -1.03. The molecule has 1 aliphatic rings. The third kappa shape index (κ3) is 2.59. The maximum atomic E-state index is 11.9. The molecule has 6 heteroatoms. The van der Waals surface area contributed by atoms with Gasteiger partial charge in [0, 0.05) is 4.90 Å². The van der Waals surface area contributed by atoms with Crippen molar-refractivity contribution in [3.8, 4) is 0 Å². The average Bonchev–Trinajstić information content (AvgIpc) is 2.36. The summed E-state index contributed by atoms with van der Waals surface area (Å²) in [5.41, 5.74) is 6.42. The molecule has 1 aromatic carbocycles. The third-order valence-electron chi connectivity index (χ3n) is 2.40. The molecule has 1 aliphatic heterocycles. The summed E-state index contributed by atoms with van der Waals surface area (Å²) in [6.45, 7) is -0.330. The number of nitrogens with two attached hydrogens (primary N) is 1. The number of rotatable bonds is 2. The first-order chi connectivity index (χ1) is 8.08. The van der Waals surface area contributed by atoms with Crippen LogP contribution in [0.3, 0.4) is 0 Å². The van der Waals surface area contributed by atoms with Crippen LogP contribution in [0.1, 0.15) is 6.42 Å². The second kappa shape index (κ2) is 4.77. The summed E-state index contributed by atoms with van der Waals surface area (Å²) in [5.74, 6) is -1.29. The lowest BCUT2D eigenvalue weighted by Gasteiger charge is -2.20. The quantitative estimate of drug-likeness (QED) is 0.816. The van der Waals surface area contributed by atoms with Gasteiger partial charge in [-0.1, -0.05) is 12.1 Å². The van der Waals surface area contributed by atoms with E-state index in [2.05, 4.69) is 0 Å². The summed E-state index contributed by atoms with van der Waals surface area (Å²) >= 11 is 1.39. The van der Waals surface area contributed by atoms with E-state index in [9.17, 15) is 9.59 Å². The van der Waals surface area contributed by atoms with E-state index in [1.807, 2.05) is 12.1 Å². The van der Waals surface area contributed by atoms with Gasteiger partial charge in [0.25, 0.3) is 0 Å². The molecular weight excluding hydrogens is 240 g/mol. The second-order valence-corrected chi connectivity index (χ2v) is 4.98. The number of fused-ring (bicyclic) bond motifs is 1. The normalized spacial score (nSPS) is 19.7. The molecule has 0 aliphatic carbocycles. The van der Waals surface area contributed by atoms with Crippen LogP contribution >= 0.6 is 11.8 Å². The number of nitrogens with zero attached hydrogens (tertiary/aromatic N) is 1. The van der Waals surface area contributed by atoms with Crippen LogP contribution in [0, 0.1) is 0 Å². The van der Waals surface area contributed by atoms with Gasteiger partial charge in [0.1, 0.15) is 6.54 Å². The van der Waals surface area contributed by atoms with E-state index in [0.29, 0.717) is 5.69 Å². The summed E-state index contributed by atoms with van der Waals surface area (Å²) in [6, 6.07) is 7.19. The molecule has 0 bridgehead atoms. The number of benzene rings is 1. The van der Waals surface area contributed by atoms with Gasteiger partial charge < -0.3 is 10.8 Å². The lowest BCUT2D eigenvalue weighted by Crippen LogP contribution is -2.37. The number of para-hydroxylation sites is 1. The molecule has 0 spiro atoms. The summed E-state index contributed by atoms with van der Waals surface area (Å²) in [6.07, 6.45) is 0.145. The van der Waals surface area contributed by atoms with Gasteiger partial charge in [-0.15, -0.1) is 11.8 Å². The molecule has 1 aromatic rings. The van der Waals surface area contributed by atoms with Crippen molar-refractivity contribution in [2.24, 2.45) is 5.73 Å². The SMILES string of the molecule is N[C@H]1CC(=O)N(CC(=O)O)c2ccccc2S1. The van der Waals surface area contributed by atoms with Crippen LogP contribution in [0.25, 0.3) is 0 Å². The Kier molecular flexibility index (Phi) is 3.35. The fourth-order valence-electron chi connectivity index (χ4n) is 1.71. The van der Waals surface area contributed by atoms with Gasteiger partial charge in [-0.3, -0.25) is 14.5 Å². The Morgan fingerprint density at radius 2 is 2.24 bits per heavy atom. The topological polar surface area (TPSA) is 83.6 Å². The number of amides is 1. The maximum absolute atomic E-state index is 11.9. The lowest BCUT2D eigenvalue weighted by molar-refractivity contribution is -0.136. The molecule has 2 rings (SSSR count). The molecule has 0 fully saturated rings. The van der Waals surface area contributed by atoms with Crippen LogP contribution in [0.4, 0.5) is 5.69 Å². The largest absolute Gasteiger partial charge is 0.480 e. The highest BCUT2D eigenvalue weighted by Crippen LogP contribution is 2.35. The van der Waals surface area contributed by atoms with Crippen molar-refractivity contribution in [3.63, 3.8) is 0 Å². The fraction of sp³-hybridized carbons (Fsp3) is 0.273. The Morgan fingerprint density at radius 3 is 2.94 bits per heavy atom. The molecule has 3 N–H and O–H groups in total. The van der Waals surface area contributed by atoms with Crippen LogP contribution in [-0.2, 0) is 9.59 Å². The van der Waals surface area contributed by atoms with Crippen LogP contribution in [-0.4, -0.2) is 28.9 Å². The minimum absolute atomic E-state index is 0.145. The van der Waals surface area contributed by atoms with Gasteiger partial charge in [-0.05, 0) is 12.1 Å². The first-order valence-electron chi connectivity index (χ1n) is 5.11. The Bertz CT molecular complexity index is 464. The first kappa shape index (κ1) is 11.9. The van der Waals surface area contributed by atoms with E-state index in [0.717, 1.165) is 4.90 Å². The predicted octanol–water partition coefficient (Wildman–Crippen LogP) is 0.885. The van der Waals surface area contributed by atoms with Crippen molar-refractivity contribution >= 4 is 29.3 Å². The van der Waals surface area contributed by atoms with E-state index in [4.69, 9.17) is 10.8 Å². The molecule has 1 atom stereocenters. The lowest BCUT2D eigenvalue weighted by atomic mass is 10.2. The highest BCUT2D eigenvalue weighted by Gasteiger charge is 2.27. The fourth-order valence-corrected chi connectivity index (χ4v) is 2.72. The highest BCUT2D eigenvalue weighted by molar-refractivity contribution is 8.00. The molecule has 1 heterocycles. The molecule has 1 amide bonds. The Labute approximate surface area is 103 Å². The molecule has 90 valence electrons. The van der Waals surface area contributed by atoms with Crippen molar-refractivity contribution in [1.82, 2.24) is 0 Å².